The quantitative estimate of drug-likeness (QED) is 0.665. The maximum absolute atomic E-state index is 12.7. The molecule has 0 radical (unpaired) electrons. The summed E-state index contributed by atoms with van der Waals surface area (Å²) in [4.78, 5) is 16.8. The van der Waals surface area contributed by atoms with Crippen LogP contribution in [-0.4, -0.2) is 51.5 Å². The summed E-state index contributed by atoms with van der Waals surface area (Å²) in [6.45, 7) is 4.85. The van der Waals surface area contributed by atoms with Crippen molar-refractivity contribution in [1.82, 2.24) is 19.7 Å². The number of aryl methyl sites for hydroxylation is 1. The van der Waals surface area contributed by atoms with E-state index in [1.807, 2.05) is 19.2 Å². The van der Waals surface area contributed by atoms with Gasteiger partial charge in [-0.15, -0.1) is 10.2 Å². The Morgan fingerprint density at radius 3 is 2.64 bits per heavy atom. The molecule has 1 aliphatic carbocycles. The summed E-state index contributed by atoms with van der Waals surface area (Å²) in [7, 11) is 1.88. The monoisotopic (exact) mass is 399 g/mol. The highest BCUT2D eigenvalue weighted by Gasteiger charge is 2.32. The summed E-state index contributed by atoms with van der Waals surface area (Å²) in [5, 5.41) is 9.83. The van der Waals surface area contributed by atoms with E-state index in [1.54, 1.807) is 4.90 Å². The van der Waals surface area contributed by atoms with Crippen molar-refractivity contribution >= 4 is 23.6 Å². The Morgan fingerprint density at radius 1 is 1.18 bits per heavy atom. The van der Waals surface area contributed by atoms with E-state index in [9.17, 15) is 4.79 Å². The van der Waals surface area contributed by atoms with Crippen LogP contribution in [0.5, 0.6) is 0 Å². The van der Waals surface area contributed by atoms with E-state index >= 15 is 0 Å². The van der Waals surface area contributed by atoms with E-state index in [0.29, 0.717) is 18.3 Å². The molecule has 4 rings (SSSR count). The van der Waals surface area contributed by atoms with Crippen molar-refractivity contribution in [3.8, 4) is 0 Å². The van der Waals surface area contributed by atoms with E-state index in [1.165, 1.54) is 55.0 Å². The van der Waals surface area contributed by atoms with Crippen molar-refractivity contribution in [1.29, 1.82) is 0 Å². The fourth-order valence-corrected chi connectivity index (χ4v) is 4.64. The number of amides is 1. The minimum absolute atomic E-state index is 0.123. The fourth-order valence-electron chi connectivity index (χ4n) is 3.70. The Kier molecular flexibility index (Phi) is 5.90. The average molecular weight is 400 g/mol. The molecule has 7 heteroatoms. The molecule has 2 aliphatic rings. The molecular formula is C21H29N5OS. The van der Waals surface area contributed by atoms with Crippen LogP contribution in [0.2, 0.25) is 0 Å². The van der Waals surface area contributed by atoms with Gasteiger partial charge in [-0.05, 0) is 50.2 Å². The minimum atomic E-state index is 0.123. The first kappa shape index (κ1) is 19.3. The predicted molar refractivity (Wildman–Crippen MR) is 113 cm³/mol. The highest BCUT2D eigenvalue weighted by molar-refractivity contribution is 7.99. The summed E-state index contributed by atoms with van der Waals surface area (Å²) in [5.41, 5.74) is 2.41. The van der Waals surface area contributed by atoms with Gasteiger partial charge in [0, 0.05) is 32.7 Å². The number of rotatable bonds is 7. The molecule has 2 fully saturated rings. The van der Waals surface area contributed by atoms with Gasteiger partial charge in [-0.2, -0.15) is 0 Å². The number of benzene rings is 1. The maximum Gasteiger partial charge on any atom is 0.233 e. The number of thioether (sulfide) groups is 1. The topological polar surface area (TPSA) is 54.3 Å². The van der Waals surface area contributed by atoms with Crippen molar-refractivity contribution in [2.75, 3.05) is 30.8 Å². The lowest BCUT2D eigenvalue weighted by Crippen LogP contribution is -2.32. The van der Waals surface area contributed by atoms with Gasteiger partial charge in [-0.3, -0.25) is 9.36 Å². The minimum Gasteiger partial charge on any atom is -0.341 e. The average Bonchev–Trinajstić information content (AvgIpc) is 3.47. The van der Waals surface area contributed by atoms with Gasteiger partial charge >= 0.3 is 0 Å². The summed E-state index contributed by atoms with van der Waals surface area (Å²) in [6.07, 6.45) is 6.13. The lowest BCUT2D eigenvalue weighted by molar-refractivity contribution is -0.127. The number of piperidine rings is 1. The molecule has 0 N–H and O–H groups in total. The molecule has 1 aliphatic heterocycles. The van der Waals surface area contributed by atoms with Crippen molar-refractivity contribution in [2.45, 2.75) is 56.8 Å². The summed E-state index contributed by atoms with van der Waals surface area (Å²) in [6, 6.07) is 8.73. The molecule has 1 saturated heterocycles. The Hall–Kier alpha value is -2.02. The number of aromatic nitrogens is 3. The number of hydrogen-bond donors (Lipinski definition) is 0. The molecule has 1 aromatic carbocycles. The summed E-state index contributed by atoms with van der Waals surface area (Å²) < 4.78 is 2.28. The normalized spacial score (nSPS) is 17.0. The number of hydrogen-bond acceptors (Lipinski definition) is 5. The Morgan fingerprint density at radius 2 is 1.93 bits per heavy atom. The molecule has 0 unspecified atom stereocenters. The molecule has 0 bridgehead atoms. The second kappa shape index (κ2) is 8.55. The van der Waals surface area contributed by atoms with Crippen molar-refractivity contribution in [3.63, 3.8) is 0 Å². The van der Waals surface area contributed by atoms with Crippen LogP contribution in [0.1, 0.15) is 49.3 Å². The van der Waals surface area contributed by atoms with Gasteiger partial charge in [-0.25, -0.2) is 0 Å². The molecule has 6 nitrogen and oxygen atoms in total. The molecule has 0 atom stereocenters. The summed E-state index contributed by atoms with van der Waals surface area (Å²) >= 11 is 1.52. The zero-order valence-corrected chi connectivity index (χ0v) is 17.6. The zero-order chi connectivity index (χ0) is 19.5. The van der Waals surface area contributed by atoms with E-state index in [-0.39, 0.29) is 5.91 Å². The lowest BCUT2D eigenvalue weighted by atomic mass is 10.1. The van der Waals surface area contributed by atoms with Gasteiger partial charge in [0.25, 0.3) is 0 Å². The standard InChI is InChI=1S/C21H29N5OS/c1-16-8-4-5-9-17(16)14-24(2)19(27)15-28-21-23-22-20(26(21)18-10-11-18)25-12-6-3-7-13-25/h4-5,8-9,18H,3,6-7,10-15H2,1-2H3. The zero-order valence-electron chi connectivity index (χ0n) is 16.8. The molecule has 2 heterocycles. The molecular weight excluding hydrogens is 370 g/mol. The van der Waals surface area contributed by atoms with Crippen molar-refractivity contribution < 1.29 is 4.79 Å². The number of carbonyl (C=O) groups excluding carboxylic acids is 1. The third kappa shape index (κ3) is 4.35. The number of carbonyl (C=O) groups is 1. The second-order valence-electron chi connectivity index (χ2n) is 7.90. The largest absolute Gasteiger partial charge is 0.341 e. The first-order valence-electron chi connectivity index (χ1n) is 10.2. The van der Waals surface area contributed by atoms with Gasteiger partial charge in [0.15, 0.2) is 5.16 Å². The van der Waals surface area contributed by atoms with Crippen LogP contribution < -0.4 is 4.90 Å². The first-order chi connectivity index (χ1) is 13.6. The van der Waals surface area contributed by atoms with Gasteiger partial charge in [0.1, 0.15) is 0 Å². The van der Waals surface area contributed by atoms with Crippen LogP contribution in [0.15, 0.2) is 29.4 Å². The van der Waals surface area contributed by atoms with Gasteiger partial charge in [0.2, 0.25) is 11.9 Å². The first-order valence-corrected chi connectivity index (χ1v) is 11.2. The number of anilines is 1. The maximum atomic E-state index is 12.7. The smallest absolute Gasteiger partial charge is 0.233 e. The third-order valence-electron chi connectivity index (χ3n) is 5.62. The Bertz CT molecular complexity index is 826. The van der Waals surface area contributed by atoms with Crippen LogP contribution in [0.25, 0.3) is 0 Å². The summed E-state index contributed by atoms with van der Waals surface area (Å²) in [5.74, 6) is 1.52. The van der Waals surface area contributed by atoms with Crippen LogP contribution in [-0.2, 0) is 11.3 Å². The van der Waals surface area contributed by atoms with Crippen molar-refractivity contribution in [3.05, 3.63) is 35.4 Å². The molecule has 28 heavy (non-hydrogen) atoms. The fraction of sp³-hybridized carbons (Fsp3) is 0.571. The van der Waals surface area contributed by atoms with E-state index < -0.39 is 0 Å². The van der Waals surface area contributed by atoms with Crippen molar-refractivity contribution in [2.24, 2.45) is 0 Å². The van der Waals surface area contributed by atoms with Gasteiger partial charge < -0.3 is 9.80 Å². The van der Waals surface area contributed by atoms with Crippen LogP contribution >= 0.6 is 11.8 Å². The number of nitrogens with zero attached hydrogens (tertiary/aromatic N) is 5. The van der Waals surface area contributed by atoms with Crippen LogP contribution in [0.4, 0.5) is 5.95 Å². The molecule has 2 aromatic rings. The SMILES string of the molecule is Cc1ccccc1CN(C)C(=O)CSc1nnc(N2CCCCC2)n1C1CC1. The molecule has 1 amide bonds. The predicted octanol–water partition coefficient (Wildman–Crippen LogP) is 3.66. The molecule has 0 spiro atoms. The molecule has 150 valence electrons. The van der Waals surface area contributed by atoms with Crippen LogP contribution in [0, 0.1) is 6.92 Å². The Labute approximate surface area is 171 Å². The van der Waals surface area contributed by atoms with Crippen LogP contribution in [0.3, 0.4) is 0 Å². The lowest BCUT2D eigenvalue weighted by Gasteiger charge is -2.27. The second-order valence-corrected chi connectivity index (χ2v) is 8.84. The van der Waals surface area contributed by atoms with E-state index in [0.717, 1.165) is 24.2 Å². The van der Waals surface area contributed by atoms with Gasteiger partial charge in [0.05, 0.1) is 5.75 Å². The third-order valence-corrected chi connectivity index (χ3v) is 6.54. The van der Waals surface area contributed by atoms with Gasteiger partial charge in [-0.1, -0.05) is 36.0 Å². The highest BCUT2D eigenvalue weighted by atomic mass is 32.2. The van der Waals surface area contributed by atoms with E-state index in [4.69, 9.17) is 0 Å². The highest BCUT2D eigenvalue weighted by Crippen LogP contribution is 2.41. The molecule has 1 saturated carbocycles. The molecule has 1 aromatic heterocycles. The Balaban J connectivity index is 1.39. The van der Waals surface area contributed by atoms with E-state index in [2.05, 4.69) is 38.7 Å².